The molecule has 1 heterocycles. The van der Waals surface area contributed by atoms with Crippen LogP contribution in [0, 0.1) is 0 Å². The Labute approximate surface area is 185 Å². The molecule has 3 rings (SSSR count). The largest absolute Gasteiger partial charge is 0.497 e. The molecule has 1 fully saturated rings. The van der Waals surface area contributed by atoms with Gasteiger partial charge in [0.05, 0.1) is 21.3 Å². The van der Waals surface area contributed by atoms with E-state index in [4.69, 9.17) is 14.2 Å². The number of nitrogens with zero attached hydrogens (tertiary/aromatic N) is 2. The molecule has 0 saturated carbocycles. The van der Waals surface area contributed by atoms with Crippen LogP contribution >= 0.6 is 0 Å². The van der Waals surface area contributed by atoms with Crippen molar-refractivity contribution in [3.8, 4) is 17.2 Å². The maximum absolute atomic E-state index is 13.1. The molecule has 0 aliphatic carbocycles. The zero-order valence-electron chi connectivity index (χ0n) is 19.1. The van der Waals surface area contributed by atoms with E-state index < -0.39 is 0 Å². The number of amides is 1. The molecule has 0 bridgehead atoms. The number of anilines is 1. The van der Waals surface area contributed by atoms with Gasteiger partial charge in [0.1, 0.15) is 5.75 Å². The summed E-state index contributed by atoms with van der Waals surface area (Å²) < 4.78 is 16.1. The number of likely N-dealkylation sites (tertiary alicyclic amines) is 1. The summed E-state index contributed by atoms with van der Waals surface area (Å²) >= 11 is 0. The van der Waals surface area contributed by atoms with Gasteiger partial charge in [0.2, 0.25) is 5.91 Å². The van der Waals surface area contributed by atoms with Crippen LogP contribution < -0.4 is 19.1 Å². The van der Waals surface area contributed by atoms with Crippen molar-refractivity contribution >= 4 is 11.6 Å². The lowest BCUT2D eigenvalue weighted by Gasteiger charge is -2.39. The van der Waals surface area contributed by atoms with Crippen LogP contribution in [-0.2, 0) is 11.3 Å². The maximum Gasteiger partial charge on any atom is 0.227 e. The summed E-state index contributed by atoms with van der Waals surface area (Å²) in [5.74, 6) is 2.36. The molecule has 6 nitrogen and oxygen atoms in total. The topological polar surface area (TPSA) is 51.2 Å². The lowest BCUT2D eigenvalue weighted by Crippen LogP contribution is -2.47. The van der Waals surface area contributed by atoms with E-state index in [1.165, 1.54) is 5.56 Å². The van der Waals surface area contributed by atoms with Crippen molar-refractivity contribution in [2.75, 3.05) is 39.3 Å². The Morgan fingerprint density at radius 1 is 0.968 bits per heavy atom. The number of ether oxygens (including phenoxy) is 3. The Hall–Kier alpha value is -2.73. The highest BCUT2D eigenvalue weighted by molar-refractivity contribution is 5.94. The second-order valence-electron chi connectivity index (χ2n) is 7.91. The Morgan fingerprint density at radius 3 is 2.23 bits per heavy atom. The van der Waals surface area contributed by atoms with Gasteiger partial charge in [0.15, 0.2) is 11.5 Å². The molecule has 0 unspecified atom stereocenters. The molecule has 31 heavy (non-hydrogen) atoms. The lowest BCUT2D eigenvalue weighted by atomic mass is 10.0. The molecule has 168 valence electrons. The molecular weight excluding hydrogens is 392 g/mol. The Kier molecular flexibility index (Phi) is 8.18. The first kappa shape index (κ1) is 22.9. The van der Waals surface area contributed by atoms with Crippen LogP contribution in [0.2, 0.25) is 0 Å². The monoisotopic (exact) mass is 426 g/mol. The standard InChI is InChI=1S/C25H34N2O4/c1-5-6-25(28)27(21-9-12-23(30-3)24(17-21)31-4)20-13-15-26(16-14-20)18-19-7-10-22(29-2)11-8-19/h7-12,17,20H,5-6,13-16,18H2,1-4H3. The molecule has 1 saturated heterocycles. The number of hydrogen-bond acceptors (Lipinski definition) is 5. The molecule has 1 aliphatic rings. The highest BCUT2D eigenvalue weighted by atomic mass is 16.5. The van der Waals surface area contributed by atoms with Gasteiger partial charge in [0.25, 0.3) is 0 Å². The summed E-state index contributed by atoms with van der Waals surface area (Å²) in [5.41, 5.74) is 2.16. The van der Waals surface area contributed by atoms with Crippen molar-refractivity contribution in [1.29, 1.82) is 0 Å². The Morgan fingerprint density at radius 2 is 1.65 bits per heavy atom. The minimum absolute atomic E-state index is 0.170. The number of carbonyl (C=O) groups excluding carboxylic acids is 1. The normalized spacial score (nSPS) is 14.8. The SMILES string of the molecule is CCCC(=O)N(c1ccc(OC)c(OC)c1)C1CCN(Cc2ccc(OC)cc2)CC1. The second kappa shape index (κ2) is 11.0. The minimum Gasteiger partial charge on any atom is -0.497 e. The number of piperidine rings is 1. The van der Waals surface area contributed by atoms with E-state index in [9.17, 15) is 4.79 Å². The first-order valence-electron chi connectivity index (χ1n) is 11.0. The number of methoxy groups -OCH3 is 3. The summed E-state index contributed by atoms with van der Waals surface area (Å²) in [4.78, 5) is 17.5. The second-order valence-corrected chi connectivity index (χ2v) is 7.91. The van der Waals surface area contributed by atoms with Crippen molar-refractivity contribution in [3.63, 3.8) is 0 Å². The van der Waals surface area contributed by atoms with Crippen molar-refractivity contribution < 1.29 is 19.0 Å². The average molecular weight is 427 g/mol. The molecule has 0 spiro atoms. The third-order valence-corrected chi connectivity index (χ3v) is 5.87. The van der Waals surface area contributed by atoms with Gasteiger partial charge in [-0.25, -0.2) is 0 Å². The van der Waals surface area contributed by atoms with E-state index in [1.54, 1.807) is 21.3 Å². The molecule has 2 aromatic rings. The Balaban J connectivity index is 1.70. The number of rotatable bonds is 9. The van der Waals surface area contributed by atoms with Gasteiger partial charge in [-0.1, -0.05) is 19.1 Å². The molecule has 0 N–H and O–H groups in total. The first-order valence-corrected chi connectivity index (χ1v) is 11.0. The van der Waals surface area contributed by atoms with Crippen LogP contribution in [0.25, 0.3) is 0 Å². The Bertz CT molecular complexity index is 845. The fourth-order valence-corrected chi connectivity index (χ4v) is 4.19. The smallest absolute Gasteiger partial charge is 0.227 e. The quantitative estimate of drug-likeness (QED) is 0.591. The minimum atomic E-state index is 0.170. The summed E-state index contributed by atoms with van der Waals surface area (Å²) in [7, 11) is 4.93. The lowest BCUT2D eigenvalue weighted by molar-refractivity contribution is -0.119. The zero-order valence-corrected chi connectivity index (χ0v) is 19.1. The van der Waals surface area contributed by atoms with Crippen molar-refractivity contribution in [3.05, 3.63) is 48.0 Å². The molecule has 6 heteroatoms. The van der Waals surface area contributed by atoms with Crippen LogP contribution in [-0.4, -0.2) is 51.3 Å². The van der Waals surface area contributed by atoms with Crippen LogP contribution in [0.3, 0.4) is 0 Å². The number of carbonyl (C=O) groups is 1. The van der Waals surface area contributed by atoms with E-state index in [0.717, 1.165) is 50.3 Å². The molecule has 2 aromatic carbocycles. The van der Waals surface area contributed by atoms with Gasteiger partial charge in [0, 0.05) is 43.9 Å². The third-order valence-electron chi connectivity index (χ3n) is 5.87. The number of benzene rings is 2. The van der Waals surface area contributed by atoms with Gasteiger partial charge in [-0.05, 0) is 49.1 Å². The van der Waals surface area contributed by atoms with E-state index >= 15 is 0 Å². The maximum atomic E-state index is 13.1. The predicted molar refractivity (Wildman–Crippen MR) is 123 cm³/mol. The molecule has 1 amide bonds. The fourth-order valence-electron chi connectivity index (χ4n) is 4.19. The van der Waals surface area contributed by atoms with E-state index in [1.807, 2.05) is 42.2 Å². The van der Waals surface area contributed by atoms with Crippen LogP contribution in [0.15, 0.2) is 42.5 Å². The van der Waals surface area contributed by atoms with Crippen LogP contribution in [0.5, 0.6) is 17.2 Å². The van der Waals surface area contributed by atoms with Crippen LogP contribution in [0.1, 0.15) is 38.2 Å². The number of hydrogen-bond donors (Lipinski definition) is 0. The summed E-state index contributed by atoms with van der Waals surface area (Å²) in [6.45, 7) is 4.87. The van der Waals surface area contributed by atoms with Gasteiger partial charge >= 0.3 is 0 Å². The fraction of sp³-hybridized carbons (Fsp3) is 0.480. The molecule has 1 aliphatic heterocycles. The summed E-state index contributed by atoms with van der Waals surface area (Å²) in [6.07, 6.45) is 3.26. The van der Waals surface area contributed by atoms with Crippen molar-refractivity contribution in [2.45, 2.75) is 45.2 Å². The van der Waals surface area contributed by atoms with Gasteiger partial charge in [-0.3, -0.25) is 9.69 Å². The zero-order chi connectivity index (χ0) is 22.2. The first-order chi connectivity index (χ1) is 15.1. The molecule has 0 radical (unpaired) electrons. The predicted octanol–water partition coefficient (Wildman–Crippen LogP) is 4.51. The molecule has 0 aromatic heterocycles. The van der Waals surface area contributed by atoms with Crippen LogP contribution in [0.4, 0.5) is 5.69 Å². The summed E-state index contributed by atoms with van der Waals surface area (Å²) in [6, 6.07) is 14.2. The van der Waals surface area contributed by atoms with Gasteiger partial charge in [-0.2, -0.15) is 0 Å². The highest BCUT2D eigenvalue weighted by Gasteiger charge is 2.29. The van der Waals surface area contributed by atoms with Crippen molar-refractivity contribution in [2.24, 2.45) is 0 Å². The third kappa shape index (κ3) is 5.70. The molecular formula is C25H34N2O4. The van der Waals surface area contributed by atoms with E-state index in [2.05, 4.69) is 17.0 Å². The summed E-state index contributed by atoms with van der Waals surface area (Å²) in [5, 5.41) is 0. The van der Waals surface area contributed by atoms with Crippen molar-refractivity contribution in [1.82, 2.24) is 4.90 Å². The molecule has 0 atom stereocenters. The highest BCUT2D eigenvalue weighted by Crippen LogP contribution is 2.34. The van der Waals surface area contributed by atoms with Gasteiger partial charge < -0.3 is 19.1 Å². The van der Waals surface area contributed by atoms with Gasteiger partial charge in [-0.15, -0.1) is 0 Å². The van der Waals surface area contributed by atoms with E-state index in [0.29, 0.717) is 17.9 Å². The average Bonchev–Trinajstić information content (AvgIpc) is 2.81. The van der Waals surface area contributed by atoms with E-state index in [-0.39, 0.29) is 11.9 Å².